The number of benzene rings is 3. The zero-order valence-electron chi connectivity index (χ0n) is 17.2. The van der Waals surface area contributed by atoms with Crippen molar-refractivity contribution < 1.29 is 14.3 Å². The van der Waals surface area contributed by atoms with E-state index in [1.54, 1.807) is 7.11 Å². The highest BCUT2D eigenvalue weighted by Gasteiger charge is 2.22. The number of methoxy groups -OCH3 is 1. The summed E-state index contributed by atoms with van der Waals surface area (Å²) < 4.78 is 11.4. The highest BCUT2D eigenvalue weighted by atomic mass is 35.5. The number of rotatable bonds is 5. The second-order valence-electron chi connectivity index (χ2n) is 7.47. The number of hydrogen-bond acceptors (Lipinski definition) is 3. The van der Waals surface area contributed by atoms with Crippen molar-refractivity contribution in [3.63, 3.8) is 0 Å². The molecule has 1 aliphatic heterocycles. The Morgan fingerprint density at radius 3 is 2.63 bits per heavy atom. The fourth-order valence-electron chi connectivity index (χ4n) is 3.74. The third-order valence-electron chi connectivity index (χ3n) is 5.47. The Morgan fingerprint density at radius 2 is 1.87 bits per heavy atom. The predicted octanol–water partition coefficient (Wildman–Crippen LogP) is 5.43. The molecular formula is C25H24ClNO3. The normalized spacial score (nSPS) is 13.0. The van der Waals surface area contributed by atoms with Crippen LogP contribution in [0.2, 0.25) is 5.02 Å². The smallest absolute Gasteiger partial charge is 0.254 e. The van der Waals surface area contributed by atoms with Gasteiger partial charge in [0, 0.05) is 29.2 Å². The van der Waals surface area contributed by atoms with Crippen LogP contribution in [0.1, 0.15) is 32.6 Å². The Morgan fingerprint density at radius 1 is 1.07 bits per heavy atom. The van der Waals surface area contributed by atoms with Crippen molar-refractivity contribution in [3.05, 3.63) is 93.5 Å². The standard InChI is InChI=1S/C25H24ClNO3/c1-17-13-22(8-9-23(17)26)30-16-21-14-19(7-10-24(21)29-2)25(28)27-12-11-18-5-3-4-6-20(18)15-27/h3-10,13-14H,11-12,15-16H2,1-2H3. The van der Waals surface area contributed by atoms with E-state index < -0.39 is 0 Å². The van der Waals surface area contributed by atoms with E-state index in [0.29, 0.717) is 29.5 Å². The zero-order valence-corrected chi connectivity index (χ0v) is 17.9. The van der Waals surface area contributed by atoms with Gasteiger partial charge in [0.15, 0.2) is 0 Å². The van der Waals surface area contributed by atoms with Gasteiger partial charge in [-0.3, -0.25) is 4.79 Å². The van der Waals surface area contributed by atoms with Gasteiger partial charge in [-0.1, -0.05) is 35.9 Å². The minimum absolute atomic E-state index is 0.0238. The number of nitrogens with zero attached hydrogens (tertiary/aromatic N) is 1. The molecule has 4 rings (SSSR count). The van der Waals surface area contributed by atoms with Gasteiger partial charge in [0.05, 0.1) is 7.11 Å². The predicted molar refractivity (Wildman–Crippen MR) is 118 cm³/mol. The first-order chi connectivity index (χ1) is 14.5. The van der Waals surface area contributed by atoms with Crippen LogP contribution in [0.5, 0.6) is 11.5 Å². The molecule has 0 aliphatic carbocycles. The van der Waals surface area contributed by atoms with E-state index in [9.17, 15) is 4.79 Å². The van der Waals surface area contributed by atoms with Crippen LogP contribution in [0.3, 0.4) is 0 Å². The molecule has 0 radical (unpaired) electrons. The average molecular weight is 422 g/mol. The van der Waals surface area contributed by atoms with Crippen molar-refractivity contribution in [2.75, 3.05) is 13.7 Å². The third kappa shape index (κ3) is 4.29. The number of carbonyl (C=O) groups is 1. The topological polar surface area (TPSA) is 38.8 Å². The first kappa shape index (κ1) is 20.3. The van der Waals surface area contributed by atoms with Crippen LogP contribution in [0.4, 0.5) is 0 Å². The highest BCUT2D eigenvalue weighted by molar-refractivity contribution is 6.31. The minimum Gasteiger partial charge on any atom is -0.496 e. The summed E-state index contributed by atoms with van der Waals surface area (Å²) >= 11 is 6.09. The molecule has 0 unspecified atom stereocenters. The summed E-state index contributed by atoms with van der Waals surface area (Å²) in [6, 6.07) is 19.4. The van der Waals surface area contributed by atoms with E-state index in [-0.39, 0.29) is 5.91 Å². The Hall–Kier alpha value is -2.98. The summed E-state index contributed by atoms with van der Waals surface area (Å²) in [5.74, 6) is 1.44. The monoisotopic (exact) mass is 421 g/mol. The van der Waals surface area contributed by atoms with Crippen molar-refractivity contribution in [1.82, 2.24) is 4.90 Å². The number of aryl methyl sites for hydroxylation is 1. The van der Waals surface area contributed by atoms with Gasteiger partial charge in [0.1, 0.15) is 18.1 Å². The molecule has 0 saturated heterocycles. The molecule has 30 heavy (non-hydrogen) atoms. The van der Waals surface area contributed by atoms with E-state index in [0.717, 1.165) is 29.8 Å². The Kier molecular flexibility index (Phi) is 5.96. The Balaban J connectivity index is 1.52. The van der Waals surface area contributed by atoms with Crippen LogP contribution >= 0.6 is 11.6 Å². The summed E-state index contributed by atoms with van der Waals surface area (Å²) in [6.07, 6.45) is 0.879. The fraction of sp³-hybridized carbons (Fsp3) is 0.240. The van der Waals surface area contributed by atoms with Gasteiger partial charge in [0.2, 0.25) is 0 Å². The molecule has 0 saturated carbocycles. The number of amides is 1. The molecule has 0 fully saturated rings. The number of carbonyl (C=O) groups excluding carboxylic acids is 1. The molecule has 0 bridgehead atoms. The van der Waals surface area contributed by atoms with Crippen LogP contribution in [0.15, 0.2) is 60.7 Å². The molecule has 1 aliphatic rings. The van der Waals surface area contributed by atoms with E-state index in [2.05, 4.69) is 12.1 Å². The second-order valence-corrected chi connectivity index (χ2v) is 7.88. The SMILES string of the molecule is COc1ccc(C(=O)N2CCc3ccccc3C2)cc1COc1ccc(Cl)c(C)c1. The zero-order chi connectivity index (χ0) is 21.1. The lowest BCUT2D eigenvalue weighted by Crippen LogP contribution is -2.36. The largest absolute Gasteiger partial charge is 0.496 e. The molecule has 5 heteroatoms. The summed E-state index contributed by atoms with van der Waals surface area (Å²) in [5, 5.41) is 0.704. The maximum Gasteiger partial charge on any atom is 0.254 e. The van der Waals surface area contributed by atoms with Crippen molar-refractivity contribution >= 4 is 17.5 Å². The fourth-order valence-corrected chi connectivity index (χ4v) is 3.86. The van der Waals surface area contributed by atoms with Gasteiger partial charge < -0.3 is 14.4 Å². The van der Waals surface area contributed by atoms with Crippen LogP contribution < -0.4 is 9.47 Å². The number of fused-ring (bicyclic) bond motifs is 1. The van der Waals surface area contributed by atoms with Crippen LogP contribution in [0.25, 0.3) is 0 Å². The molecule has 1 heterocycles. The summed E-state index contributed by atoms with van der Waals surface area (Å²) in [4.78, 5) is 15.0. The van der Waals surface area contributed by atoms with Gasteiger partial charge in [-0.2, -0.15) is 0 Å². The minimum atomic E-state index is 0.0238. The van der Waals surface area contributed by atoms with Gasteiger partial charge in [-0.25, -0.2) is 0 Å². The first-order valence-electron chi connectivity index (χ1n) is 9.97. The third-order valence-corrected chi connectivity index (χ3v) is 5.89. The number of ether oxygens (including phenoxy) is 2. The van der Waals surface area contributed by atoms with Gasteiger partial charge in [-0.05, 0) is 66.4 Å². The van der Waals surface area contributed by atoms with Crippen LogP contribution in [-0.2, 0) is 19.6 Å². The molecule has 0 spiro atoms. The molecule has 3 aromatic carbocycles. The van der Waals surface area contributed by atoms with Gasteiger partial charge in [-0.15, -0.1) is 0 Å². The molecule has 0 aromatic heterocycles. The highest BCUT2D eigenvalue weighted by Crippen LogP contribution is 2.26. The first-order valence-corrected chi connectivity index (χ1v) is 10.3. The van der Waals surface area contributed by atoms with Crippen LogP contribution in [0, 0.1) is 6.92 Å². The van der Waals surface area contributed by atoms with Crippen molar-refractivity contribution in [1.29, 1.82) is 0 Å². The van der Waals surface area contributed by atoms with Crippen LogP contribution in [-0.4, -0.2) is 24.5 Å². The molecule has 154 valence electrons. The lowest BCUT2D eigenvalue weighted by Gasteiger charge is -2.29. The summed E-state index contributed by atoms with van der Waals surface area (Å²) in [5.41, 5.74) is 4.96. The molecule has 1 amide bonds. The maximum absolute atomic E-state index is 13.1. The maximum atomic E-state index is 13.1. The number of hydrogen-bond donors (Lipinski definition) is 0. The van der Waals surface area contributed by atoms with E-state index in [4.69, 9.17) is 21.1 Å². The van der Waals surface area contributed by atoms with E-state index in [1.807, 2.05) is 60.4 Å². The van der Waals surface area contributed by atoms with Gasteiger partial charge in [0.25, 0.3) is 5.91 Å². The lowest BCUT2D eigenvalue weighted by atomic mass is 9.99. The quantitative estimate of drug-likeness (QED) is 0.551. The molecule has 4 nitrogen and oxygen atoms in total. The van der Waals surface area contributed by atoms with E-state index >= 15 is 0 Å². The van der Waals surface area contributed by atoms with Crippen molar-refractivity contribution in [3.8, 4) is 11.5 Å². The van der Waals surface area contributed by atoms with Crippen molar-refractivity contribution in [2.24, 2.45) is 0 Å². The summed E-state index contributed by atoms with van der Waals surface area (Å²) in [6.45, 7) is 3.59. The number of halogens is 1. The average Bonchev–Trinajstić information content (AvgIpc) is 2.78. The summed E-state index contributed by atoms with van der Waals surface area (Å²) in [7, 11) is 1.62. The molecule has 3 aromatic rings. The van der Waals surface area contributed by atoms with E-state index in [1.165, 1.54) is 11.1 Å². The van der Waals surface area contributed by atoms with Gasteiger partial charge >= 0.3 is 0 Å². The Labute approximate surface area is 182 Å². The van der Waals surface area contributed by atoms with Crippen molar-refractivity contribution in [2.45, 2.75) is 26.5 Å². The molecular weight excluding hydrogens is 398 g/mol. The second kappa shape index (κ2) is 8.80. The molecule has 0 atom stereocenters. The molecule has 0 N–H and O–H groups in total. The Bertz CT molecular complexity index is 1080. The lowest BCUT2D eigenvalue weighted by molar-refractivity contribution is 0.0734.